The summed E-state index contributed by atoms with van der Waals surface area (Å²) in [4.78, 5) is 0.0882. The van der Waals surface area contributed by atoms with E-state index in [4.69, 9.17) is 5.14 Å². The summed E-state index contributed by atoms with van der Waals surface area (Å²) in [5.41, 5.74) is 1.92. The van der Waals surface area contributed by atoms with Crippen LogP contribution >= 0.6 is 0 Å². The molecule has 118 valence electrons. The zero-order valence-electron chi connectivity index (χ0n) is 12.3. The fraction of sp³-hybridized carbons (Fsp3) is 0.250. The summed E-state index contributed by atoms with van der Waals surface area (Å²) in [5.74, 6) is 0. The van der Waals surface area contributed by atoms with Crippen LogP contribution in [0.3, 0.4) is 0 Å². The average molecular weight is 320 g/mol. The standard InChI is InChI=1S/C16H20N2O3S/c1-12(13-7-9-15(10-8-13)22(17,20)21)18-16(11-19)14-5-3-2-4-6-14/h2-10,12,16,18-19H,11H2,1H3,(H2,17,20,21). The Kier molecular flexibility index (Phi) is 5.31. The SMILES string of the molecule is CC(NC(CO)c1ccccc1)c1ccc(S(N)(=O)=O)cc1. The first-order valence-electron chi connectivity index (χ1n) is 6.96. The van der Waals surface area contributed by atoms with Gasteiger partial charge in [0.25, 0.3) is 0 Å². The van der Waals surface area contributed by atoms with Gasteiger partial charge in [-0.2, -0.15) is 0 Å². The molecule has 0 aliphatic rings. The normalized spacial score (nSPS) is 14.5. The third kappa shape index (κ3) is 4.14. The van der Waals surface area contributed by atoms with Crippen LogP contribution in [0.4, 0.5) is 0 Å². The van der Waals surface area contributed by atoms with Gasteiger partial charge in [-0.1, -0.05) is 42.5 Å². The Balaban J connectivity index is 2.12. The van der Waals surface area contributed by atoms with Gasteiger partial charge in [0.1, 0.15) is 0 Å². The van der Waals surface area contributed by atoms with Crippen molar-refractivity contribution < 1.29 is 13.5 Å². The van der Waals surface area contributed by atoms with Crippen LogP contribution in [0, 0.1) is 0 Å². The first kappa shape index (κ1) is 16.6. The van der Waals surface area contributed by atoms with E-state index in [-0.39, 0.29) is 23.6 Å². The van der Waals surface area contributed by atoms with Crippen molar-refractivity contribution in [2.75, 3.05) is 6.61 Å². The lowest BCUT2D eigenvalue weighted by Crippen LogP contribution is -2.27. The minimum atomic E-state index is -3.68. The van der Waals surface area contributed by atoms with Crippen LogP contribution in [0.25, 0.3) is 0 Å². The van der Waals surface area contributed by atoms with Crippen molar-refractivity contribution in [3.63, 3.8) is 0 Å². The molecule has 2 atom stereocenters. The van der Waals surface area contributed by atoms with Crippen LogP contribution in [0.2, 0.25) is 0 Å². The molecule has 22 heavy (non-hydrogen) atoms. The molecule has 0 heterocycles. The summed E-state index contributed by atoms with van der Waals surface area (Å²) in [6, 6.07) is 15.8. The number of nitrogens with one attached hydrogen (secondary N) is 1. The number of hydrogen-bond donors (Lipinski definition) is 3. The van der Waals surface area contributed by atoms with Crippen molar-refractivity contribution in [2.24, 2.45) is 5.14 Å². The van der Waals surface area contributed by atoms with Crippen LogP contribution in [-0.2, 0) is 10.0 Å². The molecule has 0 saturated carbocycles. The molecule has 0 spiro atoms. The molecule has 0 radical (unpaired) electrons. The number of aliphatic hydroxyl groups is 1. The summed E-state index contributed by atoms with van der Waals surface area (Å²) >= 11 is 0. The van der Waals surface area contributed by atoms with Gasteiger partial charge in [0.05, 0.1) is 17.5 Å². The predicted octanol–water partition coefficient (Wildman–Crippen LogP) is 1.72. The highest BCUT2D eigenvalue weighted by Gasteiger charge is 2.15. The van der Waals surface area contributed by atoms with Crippen molar-refractivity contribution in [3.8, 4) is 0 Å². The van der Waals surface area contributed by atoms with Crippen LogP contribution in [0.15, 0.2) is 59.5 Å². The number of sulfonamides is 1. The van der Waals surface area contributed by atoms with E-state index in [1.54, 1.807) is 12.1 Å². The number of benzene rings is 2. The van der Waals surface area contributed by atoms with Gasteiger partial charge in [0, 0.05) is 6.04 Å². The van der Waals surface area contributed by atoms with Crippen LogP contribution < -0.4 is 10.5 Å². The number of nitrogens with two attached hydrogens (primary N) is 1. The molecule has 0 aliphatic heterocycles. The molecule has 2 aromatic carbocycles. The van der Waals surface area contributed by atoms with Crippen molar-refractivity contribution in [1.82, 2.24) is 5.32 Å². The maximum Gasteiger partial charge on any atom is 0.238 e. The van der Waals surface area contributed by atoms with E-state index in [1.165, 1.54) is 12.1 Å². The molecule has 0 bridgehead atoms. The number of aliphatic hydroxyl groups excluding tert-OH is 1. The summed E-state index contributed by atoms with van der Waals surface area (Å²) in [6.07, 6.45) is 0. The third-order valence-electron chi connectivity index (χ3n) is 3.54. The number of rotatable bonds is 6. The second kappa shape index (κ2) is 7.02. The summed E-state index contributed by atoms with van der Waals surface area (Å²) in [6.45, 7) is 1.93. The van der Waals surface area contributed by atoms with E-state index >= 15 is 0 Å². The first-order valence-corrected chi connectivity index (χ1v) is 8.51. The number of primary sulfonamides is 1. The van der Waals surface area contributed by atoms with Crippen molar-refractivity contribution in [2.45, 2.75) is 23.9 Å². The molecule has 4 N–H and O–H groups in total. The van der Waals surface area contributed by atoms with Crippen LogP contribution in [0.1, 0.15) is 30.1 Å². The highest BCUT2D eigenvalue weighted by Crippen LogP contribution is 2.20. The molecule has 2 aromatic rings. The monoisotopic (exact) mass is 320 g/mol. The maximum absolute atomic E-state index is 11.3. The Morgan fingerprint density at radius 3 is 2.14 bits per heavy atom. The second-order valence-electron chi connectivity index (χ2n) is 5.15. The fourth-order valence-corrected chi connectivity index (χ4v) is 2.80. The zero-order chi connectivity index (χ0) is 16.2. The topological polar surface area (TPSA) is 92.4 Å². The molecule has 0 aromatic heterocycles. The van der Waals surface area contributed by atoms with Crippen molar-refractivity contribution in [1.29, 1.82) is 0 Å². The van der Waals surface area contributed by atoms with Gasteiger partial charge in [0.2, 0.25) is 10.0 Å². The average Bonchev–Trinajstić information content (AvgIpc) is 2.52. The predicted molar refractivity (Wildman–Crippen MR) is 85.6 cm³/mol. The van der Waals surface area contributed by atoms with Crippen LogP contribution in [0.5, 0.6) is 0 Å². The summed E-state index contributed by atoms with van der Waals surface area (Å²) in [5, 5.41) is 18.0. The molecule has 2 unspecified atom stereocenters. The van der Waals surface area contributed by atoms with Crippen LogP contribution in [-0.4, -0.2) is 20.1 Å². The Morgan fingerprint density at radius 2 is 1.64 bits per heavy atom. The molecule has 0 fully saturated rings. The maximum atomic E-state index is 11.3. The molecule has 0 aliphatic carbocycles. The molecule has 0 amide bonds. The van der Waals surface area contributed by atoms with E-state index in [1.807, 2.05) is 37.3 Å². The summed E-state index contributed by atoms with van der Waals surface area (Å²) in [7, 11) is -3.68. The van der Waals surface area contributed by atoms with Gasteiger partial charge >= 0.3 is 0 Å². The molecule has 0 saturated heterocycles. The Hall–Kier alpha value is -1.73. The quantitative estimate of drug-likeness (QED) is 0.755. The summed E-state index contributed by atoms with van der Waals surface area (Å²) < 4.78 is 22.5. The minimum absolute atomic E-state index is 0.0242. The van der Waals surface area contributed by atoms with E-state index in [2.05, 4.69) is 5.32 Å². The van der Waals surface area contributed by atoms with Gasteiger partial charge in [0.15, 0.2) is 0 Å². The highest BCUT2D eigenvalue weighted by atomic mass is 32.2. The van der Waals surface area contributed by atoms with Gasteiger partial charge in [-0.15, -0.1) is 0 Å². The van der Waals surface area contributed by atoms with E-state index in [0.717, 1.165) is 11.1 Å². The molecular formula is C16H20N2O3S. The lowest BCUT2D eigenvalue weighted by molar-refractivity contribution is 0.235. The van der Waals surface area contributed by atoms with Gasteiger partial charge < -0.3 is 10.4 Å². The molecule has 6 heteroatoms. The highest BCUT2D eigenvalue weighted by molar-refractivity contribution is 7.89. The van der Waals surface area contributed by atoms with Gasteiger partial charge in [-0.3, -0.25) is 0 Å². The Labute approximate surface area is 130 Å². The smallest absolute Gasteiger partial charge is 0.238 e. The van der Waals surface area contributed by atoms with E-state index < -0.39 is 10.0 Å². The van der Waals surface area contributed by atoms with E-state index in [0.29, 0.717) is 0 Å². The first-order chi connectivity index (χ1) is 10.4. The zero-order valence-corrected chi connectivity index (χ0v) is 13.1. The fourth-order valence-electron chi connectivity index (χ4n) is 2.28. The minimum Gasteiger partial charge on any atom is -0.394 e. The molecular weight excluding hydrogens is 300 g/mol. The van der Waals surface area contributed by atoms with E-state index in [9.17, 15) is 13.5 Å². The van der Waals surface area contributed by atoms with Crippen molar-refractivity contribution >= 4 is 10.0 Å². The Morgan fingerprint density at radius 1 is 1.05 bits per heavy atom. The second-order valence-corrected chi connectivity index (χ2v) is 6.71. The van der Waals surface area contributed by atoms with Gasteiger partial charge in [-0.05, 0) is 30.2 Å². The largest absolute Gasteiger partial charge is 0.394 e. The van der Waals surface area contributed by atoms with Gasteiger partial charge in [-0.25, -0.2) is 13.6 Å². The molecule has 5 nitrogen and oxygen atoms in total. The number of hydrogen-bond acceptors (Lipinski definition) is 4. The Bertz CT molecular complexity index is 700. The van der Waals surface area contributed by atoms with Crippen molar-refractivity contribution in [3.05, 3.63) is 65.7 Å². The lowest BCUT2D eigenvalue weighted by atomic mass is 10.0. The lowest BCUT2D eigenvalue weighted by Gasteiger charge is -2.22. The third-order valence-corrected chi connectivity index (χ3v) is 4.47. The molecule has 2 rings (SSSR count).